The number of nitrogens with one attached hydrogen (secondary N) is 1. The summed E-state index contributed by atoms with van der Waals surface area (Å²) in [5.41, 5.74) is 4.84. The molecule has 30 heavy (non-hydrogen) atoms. The standard InChI is InChI=1S/C24H22N2O4/c1-15-5-4-6-19(11-15)29-14-23(27)25-20-12-17(8-7-16(20)2)24-26-21-13-18(28-3)9-10-22(21)30-24/h4-13H,14H2,1-3H3,(H,25,27). The Morgan fingerprint density at radius 2 is 1.90 bits per heavy atom. The summed E-state index contributed by atoms with van der Waals surface area (Å²) in [7, 11) is 1.61. The molecule has 6 heteroatoms. The van der Waals surface area contributed by atoms with Crippen LogP contribution in [-0.2, 0) is 4.79 Å². The van der Waals surface area contributed by atoms with E-state index in [2.05, 4.69) is 10.3 Å². The fourth-order valence-corrected chi connectivity index (χ4v) is 3.09. The van der Waals surface area contributed by atoms with Crippen molar-refractivity contribution in [2.45, 2.75) is 13.8 Å². The average molecular weight is 402 g/mol. The van der Waals surface area contributed by atoms with Gasteiger partial charge in [-0.2, -0.15) is 0 Å². The van der Waals surface area contributed by atoms with Gasteiger partial charge in [-0.15, -0.1) is 0 Å². The van der Waals surface area contributed by atoms with Crippen molar-refractivity contribution in [3.63, 3.8) is 0 Å². The Kier molecular flexibility index (Phi) is 5.39. The third-order valence-electron chi connectivity index (χ3n) is 4.71. The molecule has 0 aliphatic heterocycles. The molecule has 1 aromatic heterocycles. The summed E-state index contributed by atoms with van der Waals surface area (Å²) < 4.78 is 16.7. The van der Waals surface area contributed by atoms with E-state index in [0.29, 0.717) is 34.2 Å². The number of amides is 1. The first kappa shape index (κ1) is 19.5. The Bertz CT molecular complexity index is 1210. The van der Waals surface area contributed by atoms with Crippen molar-refractivity contribution in [2.75, 3.05) is 19.0 Å². The Hall–Kier alpha value is -3.80. The lowest BCUT2D eigenvalue weighted by molar-refractivity contribution is -0.118. The van der Waals surface area contributed by atoms with Gasteiger partial charge in [0.1, 0.15) is 17.0 Å². The Morgan fingerprint density at radius 1 is 1.03 bits per heavy atom. The first-order valence-electron chi connectivity index (χ1n) is 9.57. The highest BCUT2D eigenvalue weighted by molar-refractivity contribution is 5.93. The minimum atomic E-state index is -0.237. The summed E-state index contributed by atoms with van der Waals surface area (Å²) in [5, 5.41) is 2.90. The molecule has 1 amide bonds. The highest BCUT2D eigenvalue weighted by Gasteiger charge is 2.12. The third-order valence-corrected chi connectivity index (χ3v) is 4.71. The summed E-state index contributed by atoms with van der Waals surface area (Å²) in [4.78, 5) is 16.9. The normalized spacial score (nSPS) is 10.8. The number of aromatic nitrogens is 1. The van der Waals surface area contributed by atoms with E-state index in [1.807, 2.05) is 74.5 Å². The SMILES string of the molecule is COc1ccc2oc(-c3ccc(C)c(NC(=O)COc4cccc(C)c4)c3)nc2c1. The maximum Gasteiger partial charge on any atom is 0.262 e. The number of fused-ring (bicyclic) bond motifs is 1. The molecule has 0 atom stereocenters. The molecule has 0 spiro atoms. The number of aryl methyl sites for hydroxylation is 2. The van der Waals surface area contributed by atoms with Crippen LogP contribution in [0.15, 0.2) is 65.1 Å². The summed E-state index contributed by atoms with van der Waals surface area (Å²) >= 11 is 0. The molecule has 3 aromatic carbocycles. The van der Waals surface area contributed by atoms with Gasteiger partial charge in [0.2, 0.25) is 5.89 Å². The number of carbonyl (C=O) groups is 1. The third kappa shape index (κ3) is 4.27. The Labute approximate surface area is 174 Å². The molecule has 0 saturated carbocycles. The van der Waals surface area contributed by atoms with Crippen LogP contribution in [0.5, 0.6) is 11.5 Å². The highest BCUT2D eigenvalue weighted by atomic mass is 16.5. The van der Waals surface area contributed by atoms with Crippen molar-refractivity contribution in [2.24, 2.45) is 0 Å². The van der Waals surface area contributed by atoms with Gasteiger partial charge in [-0.3, -0.25) is 4.79 Å². The minimum absolute atomic E-state index is 0.0736. The molecule has 0 fully saturated rings. The summed E-state index contributed by atoms with van der Waals surface area (Å²) in [5.74, 6) is 1.62. The smallest absolute Gasteiger partial charge is 0.262 e. The summed E-state index contributed by atoms with van der Waals surface area (Å²) in [6.45, 7) is 3.83. The van der Waals surface area contributed by atoms with Crippen LogP contribution < -0.4 is 14.8 Å². The monoisotopic (exact) mass is 402 g/mol. The second-order valence-corrected chi connectivity index (χ2v) is 7.04. The number of oxazole rings is 1. The topological polar surface area (TPSA) is 73.6 Å². The van der Waals surface area contributed by atoms with Crippen molar-refractivity contribution in [3.05, 3.63) is 71.8 Å². The van der Waals surface area contributed by atoms with Gasteiger partial charge in [0.15, 0.2) is 12.2 Å². The van der Waals surface area contributed by atoms with Crippen LogP contribution in [0.25, 0.3) is 22.6 Å². The van der Waals surface area contributed by atoms with Gasteiger partial charge in [0, 0.05) is 17.3 Å². The van der Waals surface area contributed by atoms with E-state index in [1.165, 1.54) is 0 Å². The molecule has 1 heterocycles. The Morgan fingerprint density at radius 3 is 2.70 bits per heavy atom. The van der Waals surface area contributed by atoms with Gasteiger partial charge in [0.05, 0.1) is 7.11 Å². The van der Waals surface area contributed by atoms with Crippen LogP contribution in [0.1, 0.15) is 11.1 Å². The summed E-state index contributed by atoms with van der Waals surface area (Å²) in [6, 6.07) is 18.7. The van der Waals surface area contributed by atoms with E-state index in [0.717, 1.165) is 16.7 Å². The predicted octanol–water partition coefficient (Wildman–Crippen LogP) is 5.14. The molecular weight excluding hydrogens is 380 g/mol. The fraction of sp³-hybridized carbons (Fsp3) is 0.167. The lowest BCUT2D eigenvalue weighted by Crippen LogP contribution is -2.20. The maximum atomic E-state index is 12.4. The van der Waals surface area contributed by atoms with Crippen molar-refractivity contribution in [1.82, 2.24) is 4.98 Å². The van der Waals surface area contributed by atoms with E-state index >= 15 is 0 Å². The molecule has 4 rings (SSSR count). The van der Waals surface area contributed by atoms with E-state index in [9.17, 15) is 4.79 Å². The number of benzene rings is 3. The molecule has 0 aliphatic carbocycles. The average Bonchev–Trinajstić information content (AvgIpc) is 3.17. The number of nitrogens with zero attached hydrogens (tertiary/aromatic N) is 1. The second kappa shape index (κ2) is 8.29. The number of hydrogen-bond acceptors (Lipinski definition) is 5. The van der Waals surface area contributed by atoms with Gasteiger partial charge in [0.25, 0.3) is 5.91 Å². The maximum absolute atomic E-state index is 12.4. The molecule has 1 N–H and O–H groups in total. The van der Waals surface area contributed by atoms with Crippen LogP contribution in [0, 0.1) is 13.8 Å². The number of rotatable bonds is 6. The van der Waals surface area contributed by atoms with E-state index < -0.39 is 0 Å². The Balaban J connectivity index is 1.51. The van der Waals surface area contributed by atoms with Gasteiger partial charge < -0.3 is 19.2 Å². The van der Waals surface area contributed by atoms with Crippen LogP contribution in [0.4, 0.5) is 5.69 Å². The summed E-state index contributed by atoms with van der Waals surface area (Å²) in [6.07, 6.45) is 0. The van der Waals surface area contributed by atoms with Gasteiger partial charge in [-0.1, -0.05) is 18.2 Å². The molecule has 4 aromatic rings. The van der Waals surface area contributed by atoms with Crippen molar-refractivity contribution >= 4 is 22.7 Å². The number of hydrogen-bond donors (Lipinski definition) is 1. The van der Waals surface area contributed by atoms with E-state index in [1.54, 1.807) is 7.11 Å². The van der Waals surface area contributed by atoms with Crippen LogP contribution in [0.2, 0.25) is 0 Å². The number of anilines is 1. The minimum Gasteiger partial charge on any atom is -0.497 e. The van der Waals surface area contributed by atoms with Crippen LogP contribution in [-0.4, -0.2) is 24.6 Å². The first-order chi connectivity index (χ1) is 14.5. The molecule has 0 saturated heterocycles. The van der Waals surface area contributed by atoms with Crippen LogP contribution in [0.3, 0.4) is 0 Å². The lowest BCUT2D eigenvalue weighted by atomic mass is 10.1. The van der Waals surface area contributed by atoms with E-state index in [-0.39, 0.29) is 12.5 Å². The van der Waals surface area contributed by atoms with Crippen molar-refractivity contribution in [3.8, 4) is 23.0 Å². The van der Waals surface area contributed by atoms with Crippen LogP contribution >= 0.6 is 0 Å². The zero-order valence-electron chi connectivity index (χ0n) is 17.1. The molecule has 0 bridgehead atoms. The highest BCUT2D eigenvalue weighted by Crippen LogP contribution is 2.29. The zero-order valence-corrected chi connectivity index (χ0v) is 17.1. The largest absolute Gasteiger partial charge is 0.497 e. The molecule has 0 unspecified atom stereocenters. The second-order valence-electron chi connectivity index (χ2n) is 7.04. The van der Waals surface area contributed by atoms with E-state index in [4.69, 9.17) is 13.9 Å². The number of methoxy groups -OCH3 is 1. The molecule has 0 aliphatic rings. The van der Waals surface area contributed by atoms with Gasteiger partial charge in [-0.05, 0) is 61.4 Å². The van der Waals surface area contributed by atoms with Gasteiger partial charge in [-0.25, -0.2) is 4.98 Å². The van der Waals surface area contributed by atoms with Gasteiger partial charge >= 0.3 is 0 Å². The first-order valence-corrected chi connectivity index (χ1v) is 9.57. The zero-order chi connectivity index (χ0) is 21.1. The van der Waals surface area contributed by atoms with Crippen molar-refractivity contribution < 1.29 is 18.7 Å². The molecule has 0 radical (unpaired) electrons. The molecular formula is C24H22N2O4. The fourth-order valence-electron chi connectivity index (χ4n) is 3.09. The molecule has 152 valence electrons. The molecule has 6 nitrogen and oxygen atoms in total. The number of ether oxygens (including phenoxy) is 2. The predicted molar refractivity (Wildman–Crippen MR) is 116 cm³/mol. The lowest BCUT2D eigenvalue weighted by Gasteiger charge is -2.11. The van der Waals surface area contributed by atoms with Crippen molar-refractivity contribution in [1.29, 1.82) is 0 Å². The number of carbonyl (C=O) groups excluding carboxylic acids is 1. The quantitative estimate of drug-likeness (QED) is 0.483.